The Kier molecular flexibility index (Phi) is 4.24. The van der Waals surface area contributed by atoms with Gasteiger partial charge in [-0.25, -0.2) is 9.37 Å². The molecule has 4 nitrogen and oxygen atoms in total. The molecular weight excluding hydrogens is 266 g/mol. The Morgan fingerprint density at radius 2 is 2.10 bits per heavy atom. The third-order valence-electron chi connectivity index (χ3n) is 2.48. The van der Waals surface area contributed by atoms with E-state index in [1.54, 1.807) is 6.92 Å². The number of nitrogens with one attached hydrogen (secondary N) is 1. The number of halogens is 2. The van der Waals surface area contributed by atoms with Gasteiger partial charge in [0.05, 0.1) is 17.9 Å². The number of hydrogen-bond donors (Lipinski definition) is 1. The van der Waals surface area contributed by atoms with Crippen LogP contribution in [0.1, 0.15) is 17.3 Å². The fourth-order valence-electron chi connectivity index (χ4n) is 1.58. The van der Waals surface area contributed by atoms with E-state index < -0.39 is 17.7 Å². The fraction of sp³-hybridized carbons (Fsp3) is 0.143. The van der Waals surface area contributed by atoms with Crippen LogP contribution in [0.15, 0.2) is 36.5 Å². The molecule has 1 aromatic carbocycles. The van der Waals surface area contributed by atoms with Crippen molar-refractivity contribution in [2.45, 2.75) is 6.92 Å². The van der Waals surface area contributed by atoms with Crippen LogP contribution in [-0.2, 0) is 0 Å². The topological polar surface area (TPSA) is 51.2 Å². The number of benzene rings is 1. The van der Waals surface area contributed by atoms with Gasteiger partial charge < -0.3 is 10.1 Å². The lowest BCUT2D eigenvalue weighted by atomic mass is 10.2. The molecule has 1 heterocycles. The SMILES string of the molecule is CCOc1cc(F)ccc1NC(=O)c1ccc(F)nc1. The lowest BCUT2D eigenvalue weighted by molar-refractivity contribution is 0.102. The zero-order valence-electron chi connectivity index (χ0n) is 10.7. The maximum absolute atomic E-state index is 13.1. The normalized spacial score (nSPS) is 10.2. The summed E-state index contributed by atoms with van der Waals surface area (Å²) in [5, 5.41) is 2.57. The van der Waals surface area contributed by atoms with Crippen molar-refractivity contribution in [1.82, 2.24) is 4.98 Å². The number of carbonyl (C=O) groups excluding carboxylic acids is 1. The first-order chi connectivity index (χ1) is 9.60. The summed E-state index contributed by atoms with van der Waals surface area (Å²) in [4.78, 5) is 15.3. The van der Waals surface area contributed by atoms with E-state index in [1.807, 2.05) is 0 Å². The summed E-state index contributed by atoms with van der Waals surface area (Å²) in [6.07, 6.45) is 1.12. The molecule has 0 aliphatic carbocycles. The van der Waals surface area contributed by atoms with Gasteiger partial charge in [-0.3, -0.25) is 4.79 Å². The fourth-order valence-corrected chi connectivity index (χ4v) is 1.58. The average Bonchev–Trinajstić information content (AvgIpc) is 2.43. The summed E-state index contributed by atoms with van der Waals surface area (Å²) in [6.45, 7) is 2.09. The van der Waals surface area contributed by atoms with E-state index in [4.69, 9.17) is 4.74 Å². The summed E-state index contributed by atoms with van der Waals surface area (Å²) in [5.41, 5.74) is 0.528. The molecule has 0 radical (unpaired) electrons. The third-order valence-corrected chi connectivity index (χ3v) is 2.48. The van der Waals surface area contributed by atoms with Gasteiger partial charge in [0.15, 0.2) is 0 Å². The molecule has 0 aliphatic heterocycles. The van der Waals surface area contributed by atoms with Crippen LogP contribution in [0.3, 0.4) is 0 Å². The smallest absolute Gasteiger partial charge is 0.257 e. The maximum Gasteiger partial charge on any atom is 0.257 e. The number of rotatable bonds is 4. The van der Waals surface area contributed by atoms with E-state index in [-0.39, 0.29) is 11.3 Å². The Hall–Kier alpha value is -2.50. The minimum atomic E-state index is -0.668. The Morgan fingerprint density at radius 1 is 1.30 bits per heavy atom. The van der Waals surface area contributed by atoms with Crippen molar-refractivity contribution in [2.75, 3.05) is 11.9 Å². The van der Waals surface area contributed by atoms with Gasteiger partial charge in [0.25, 0.3) is 5.91 Å². The number of ether oxygens (including phenoxy) is 1. The van der Waals surface area contributed by atoms with Crippen molar-refractivity contribution in [2.24, 2.45) is 0 Å². The van der Waals surface area contributed by atoms with Gasteiger partial charge in [-0.05, 0) is 31.2 Å². The standard InChI is InChI=1S/C14H12F2N2O2/c1-2-20-12-7-10(15)4-5-11(12)18-14(19)9-3-6-13(16)17-8-9/h3-8H,2H2,1H3,(H,18,19). The number of pyridine rings is 1. The quantitative estimate of drug-likeness (QED) is 0.875. The maximum atomic E-state index is 13.1. The van der Waals surface area contributed by atoms with Crippen LogP contribution in [-0.4, -0.2) is 17.5 Å². The molecule has 0 spiro atoms. The molecule has 0 unspecified atom stereocenters. The van der Waals surface area contributed by atoms with Crippen molar-refractivity contribution >= 4 is 11.6 Å². The van der Waals surface area contributed by atoms with E-state index in [2.05, 4.69) is 10.3 Å². The van der Waals surface area contributed by atoms with Crippen molar-refractivity contribution in [3.8, 4) is 5.75 Å². The highest BCUT2D eigenvalue weighted by atomic mass is 19.1. The predicted octanol–water partition coefficient (Wildman–Crippen LogP) is 3.01. The molecular formula is C14H12F2N2O2. The van der Waals surface area contributed by atoms with E-state index in [1.165, 1.54) is 24.3 Å². The first-order valence-electron chi connectivity index (χ1n) is 5.95. The van der Waals surface area contributed by atoms with Crippen LogP contribution in [0.5, 0.6) is 5.75 Å². The third kappa shape index (κ3) is 3.28. The lowest BCUT2D eigenvalue weighted by Crippen LogP contribution is -2.13. The monoisotopic (exact) mass is 278 g/mol. The van der Waals surface area contributed by atoms with Crippen LogP contribution in [0, 0.1) is 11.8 Å². The second-order valence-corrected chi connectivity index (χ2v) is 3.90. The van der Waals surface area contributed by atoms with Gasteiger partial charge in [0, 0.05) is 12.3 Å². The molecule has 0 fully saturated rings. The Morgan fingerprint density at radius 3 is 2.75 bits per heavy atom. The number of carbonyl (C=O) groups is 1. The van der Waals surface area contributed by atoms with Gasteiger partial charge in [0.1, 0.15) is 11.6 Å². The largest absolute Gasteiger partial charge is 0.492 e. The molecule has 0 aliphatic rings. The van der Waals surface area contributed by atoms with E-state index in [0.29, 0.717) is 12.3 Å². The molecule has 2 aromatic rings. The lowest BCUT2D eigenvalue weighted by Gasteiger charge is -2.11. The molecule has 1 amide bonds. The summed E-state index contributed by atoms with van der Waals surface area (Å²) >= 11 is 0. The molecule has 104 valence electrons. The van der Waals surface area contributed by atoms with Crippen LogP contribution >= 0.6 is 0 Å². The highest BCUT2D eigenvalue weighted by molar-refractivity contribution is 6.04. The zero-order valence-corrected chi connectivity index (χ0v) is 10.7. The van der Waals surface area contributed by atoms with Crippen LogP contribution < -0.4 is 10.1 Å². The molecule has 0 saturated carbocycles. The molecule has 0 atom stereocenters. The summed E-state index contributed by atoms with van der Waals surface area (Å²) < 4.78 is 31.1. The van der Waals surface area contributed by atoms with E-state index in [0.717, 1.165) is 12.3 Å². The van der Waals surface area contributed by atoms with Crippen LogP contribution in [0.2, 0.25) is 0 Å². The zero-order chi connectivity index (χ0) is 14.5. The van der Waals surface area contributed by atoms with Gasteiger partial charge in [-0.1, -0.05) is 0 Å². The average molecular weight is 278 g/mol. The highest BCUT2D eigenvalue weighted by Gasteiger charge is 2.11. The Labute approximate surface area is 114 Å². The number of anilines is 1. The number of nitrogens with zero attached hydrogens (tertiary/aromatic N) is 1. The van der Waals surface area contributed by atoms with E-state index >= 15 is 0 Å². The first kappa shape index (κ1) is 13.9. The van der Waals surface area contributed by atoms with Gasteiger partial charge in [-0.2, -0.15) is 4.39 Å². The first-order valence-corrected chi connectivity index (χ1v) is 5.95. The molecule has 0 bridgehead atoms. The predicted molar refractivity (Wildman–Crippen MR) is 69.7 cm³/mol. The molecule has 0 saturated heterocycles. The second-order valence-electron chi connectivity index (χ2n) is 3.90. The number of aromatic nitrogens is 1. The minimum Gasteiger partial charge on any atom is -0.492 e. The van der Waals surface area contributed by atoms with Gasteiger partial charge >= 0.3 is 0 Å². The van der Waals surface area contributed by atoms with Crippen molar-refractivity contribution in [3.63, 3.8) is 0 Å². The second kappa shape index (κ2) is 6.10. The molecule has 20 heavy (non-hydrogen) atoms. The van der Waals surface area contributed by atoms with Crippen molar-refractivity contribution in [3.05, 3.63) is 53.9 Å². The number of amides is 1. The summed E-state index contributed by atoms with van der Waals surface area (Å²) in [5.74, 6) is -1.38. The molecule has 1 aromatic heterocycles. The minimum absolute atomic E-state index is 0.193. The number of hydrogen-bond acceptors (Lipinski definition) is 3. The van der Waals surface area contributed by atoms with Gasteiger partial charge in [-0.15, -0.1) is 0 Å². The van der Waals surface area contributed by atoms with Crippen molar-refractivity contribution in [1.29, 1.82) is 0 Å². The molecule has 2 rings (SSSR count). The Balaban J connectivity index is 2.21. The van der Waals surface area contributed by atoms with Crippen LogP contribution in [0.25, 0.3) is 0 Å². The van der Waals surface area contributed by atoms with Gasteiger partial charge in [0.2, 0.25) is 5.95 Å². The molecule has 6 heteroatoms. The highest BCUT2D eigenvalue weighted by Crippen LogP contribution is 2.25. The summed E-state index contributed by atoms with van der Waals surface area (Å²) in [6, 6.07) is 6.18. The Bertz CT molecular complexity index is 615. The van der Waals surface area contributed by atoms with Crippen LogP contribution in [0.4, 0.5) is 14.5 Å². The summed E-state index contributed by atoms with van der Waals surface area (Å²) in [7, 11) is 0. The van der Waals surface area contributed by atoms with E-state index in [9.17, 15) is 13.6 Å². The van der Waals surface area contributed by atoms with Crippen molar-refractivity contribution < 1.29 is 18.3 Å². The molecule has 1 N–H and O–H groups in total.